The highest BCUT2D eigenvalue weighted by Crippen LogP contribution is 2.42. The van der Waals surface area contributed by atoms with E-state index in [2.05, 4.69) is 25.7 Å². The molecule has 4 rings (SSSR count). The van der Waals surface area contributed by atoms with E-state index in [4.69, 9.17) is 4.74 Å². The van der Waals surface area contributed by atoms with Gasteiger partial charge in [0.05, 0.1) is 6.10 Å². The summed E-state index contributed by atoms with van der Waals surface area (Å²) in [5.74, 6) is 1.99. The highest BCUT2D eigenvalue weighted by atomic mass is 19.2. The van der Waals surface area contributed by atoms with Crippen molar-refractivity contribution in [2.75, 3.05) is 6.61 Å². The van der Waals surface area contributed by atoms with Crippen LogP contribution in [0, 0.1) is 35.3 Å². The van der Waals surface area contributed by atoms with Crippen LogP contribution < -0.4 is 0 Å². The molecule has 3 heteroatoms. The number of benzene rings is 1. The van der Waals surface area contributed by atoms with E-state index < -0.39 is 11.6 Å². The summed E-state index contributed by atoms with van der Waals surface area (Å²) >= 11 is 0. The van der Waals surface area contributed by atoms with Gasteiger partial charge in [-0.25, -0.2) is 8.78 Å². The molecule has 1 nitrogen and oxygen atoms in total. The lowest BCUT2D eigenvalue weighted by molar-refractivity contribution is 0.00925. The second-order valence-corrected chi connectivity index (χ2v) is 11.9. The van der Waals surface area contributed by atoms with Gasteiger partial charge in [-0.05, 0) is 118 Å². The lowest BCUT2D eigenvalue weighted by Gasteiger charge is -2.37. The lowest BCUT2D eigenvalue weighted by atomic mass is 9.69. The van der Waals surface area contributed by atoms with Crippen LogP contribution in [0.5, 0.6) is 0 Å². The van der Waals surface area contributed by atoms with E-state index in [0.29, 0.717) is 23.5 Å². The second-order valence-electron chi connectivity index (χ2n) is 11.9. The van der Waals surface area contributed by atoms with Crippen molar-refractivity contribution in [3.8, 4) is 0 Å². The Morgan fingerprint density at radius 2 is 1.61 bits per heavy atom. The molecule has 1 aromatic carbocycles. The molecular formula is C33H48F2O. The Morgan fingerprint density at radius 3 is 2.25 bits per heavy atom. The summed E-state index contributed by atoms with van der Waals surface area (Å²) in [7, 11) is 0. The SMILES string of the molecule is C=CC1CCC(C2CCC(COC3CC=C(c4ccc(CCCCCC)c(F)c4F)CC3)CC2)CC1. The van der Waals surface area contributed by atoms with Crippen molar-refractivity contribution in [2.45, 2.75) is 116 Å². The maximum absolute atomic E-state index is 14.9. The molecule has 0 heterocycles. The van der Waals surface area contributed by atoms with Gasteiger partial charge in [-0.2, -0.15) is 0 Å². The molecule has 2 saturated carbocycles. The van der Waals surface area contributed by atoms with E-state index in [9.17, 15) is 8.78 Å². The van der Waals surface area contributed by atoms with Gasteiger partial charge in [0.1, 0.15) is 0 Å². The van der Waals surface area contributed by atoms with E-state index in [1.807, 2.05) is 0 Å². The lowest BCUT2D eigenvalue weighted by Crippen LogP contribution is -2.28. The van der Waals surface area contributed by atoms with Crippen molar-refractivity contribution in [3.05, 3.63) is 53.6 Å². The van der Waals surface area contributed by atoms with Crippen molar-refractivity contribution >= 4 is 5.57 Å². The molecular weight excluding hydrogens is 450 g/mol. The highest BCUT2D eigenvalue weighted by molar-refractivity contribution is 5.67. The Kier molecular flexibility index (Phi) is 10.6. The summed E-state index contributed by atoms with van der Waals surface area (Å²) < 4.78 is 35.9. The predicted molar refractivity (Wildman–Crippen MR) is 147 cm³/mol. The minimum Gasteiger partial charge on any atom is -0.378 e. The molecule has 0 N–H and O–H groups in total. The number of allylic oxidation sites excluding steroid dienone is 2. The first kappa shape index (κ1) is 27.6. The Hall–Kier alpha value is -1.48. The molecule has 0 bridgehead atoms. The molecule has 0 aliphatic heterocycles. The van der Waals surface area contributed by atoms with Crippen LogP contribution in [0.4, 0.5) is 8.78 Å². The maximum atomic E-state index is 14.9. The quantitative estimate of drug-likeness (QED) is 0.218. The van der Waals surface area contributed by atoms with Gasteiger partial charge in [0.15, 0.2) is 11.6 Å². The molecule has 0 radical (unpaired) electrons. The molecule has 200 valence electrons. The first-order valence-corrected chi connectivity index (χ1v) is 15.0. The Bertz CT molecular complexity index is 859. The van der Waals surface area contributed by atoms with Gasteiger partial charge in [-0.3, -0.25) is 0 Å². The molecule has 0 spiro atoms. The van der Waals surface area contributed by atoms with E-state index in [1.54, 1.807) is 12.1 Å². The number of halogens is 2. The molecule has 36 heavy (non-hydrogen) atoms. The molecule has 1 atom stereocenters. The average molecular weight is 499 g/mol. The van der Waals surface area contributed by atoms with Gasteiger partial charge in [0.25, 0.3) is 0 Å². The fraction of sp³-hybridized carbons (Fsp3) is 0.697. The van der Waals surface area contributed by atoms with Crippen LogP contribution in [-0.2, 0) is 11.2 Å². The topological polar surface area (TPSA) is 9.23 Å². The van der Waals surface area contributed by atoms with Gasteiger partial charge in [-0.15, -0.1) is 6.58 Å². The van der Waals surface area contributed by atoms with Gasteiger partial charge in [-0.1, -0.05) is 50.5 Å². The standard InChI is InChI=1S/C33H48F2O/c1-3-5-6-7-8-29-19-22-31(33(35)32(29)34)28-17-20-30(21-18-28)36-23-25-11-15-27(16-12-25)26-13-9-24(4-2)10-14-26/h4,17,19,22,24-27,30H,2-3,5-16,18,20-21,23H2,1H3. The number of unbranched alkanes of at least 4 members (excludes halogenated alkanes) is 3. The Labute approximate surface area is 218 Å². The average Bonchev–Trinajstić information content (AvgIpc) is 2.93. The number of rotatable bonds is 11. The van der Waals surface area contributed by atoms with E-state index in [-0.39, 0.29) is 6.10 Å². The summed E-state index contributed by atoms with van der Waals surface area (Å²) in [5, 5.41) is 0. The zero-order valence-corrected chi connectivity index (χ0v) is 22.6. The van der Waals surface area contributed by atoms with Crippen molar-refractivity contribution in [1.29, 1.82) is 0 Å². The zero-order valence-electron chi connectivity index (χ0n) is 22.6. The summed E-state index contributed by atoms with van der Waals surface area (Å²) in [6.45, 7) is 7.00. The normalized spacial score (nSPS) is 29.1. The summed E-state index contributed by atoms with van der Waals surface area (Å²) in [4.78, 5) is 0. The Morgan fingerprint density at radius 1 is 0.889 bits per heavy atom. The fourth-order valence-corrected chi connectivity index (χ4v) is 6.93. The van der Waals surface area contributed by atoms with Crippen molar-refractivity contribution < 1.29 is 13.5 Å². The van der Waals surface area contributed by atoms with Gasteiger partial charge < -0.3 is 4.74 Å². The summed E-state index contributed by atoms with van der Waals surface area (Å²) in [5.41, 5.74) is 1.91. The first-order valence-electron chi connectivity index (χ1n) is 15.0. The smallest absolute Gasteiger partial charge is 0.166 e. The third kappa shape index (κ3) is 7.30. The highest BCUT2D eigenvalue weighted by Gasteiger charge is 2.31. The zero-order chi connectivity index (χ0) is 25.3. The molecule has 0 amide bonds. The second kappa shape index (κ2) is 13.9. The van der Waals surface area contributed by atoms with E-state index in [1.165, 1.54) is 51.4 Å². The predicted octanol–water partition coefficient (Wildman–Crippen LogP) is 9.84. The third-order valence-corrected chi connectivity index (χ3v) is 9.45. The number of aryl methyl sites for hydroxylation is 1. The van der Waals surface area contributed by atoms with Crippen molar-refractivity contribution in [3.63, 3.8) is 0 Å². The van der Waals surface area contributed by atoms with Crippen LogP contribution in [0.25, 0.3) is 5.57 Å². The third-order valence-electron chi connectivity index (χ3n) is 9.45. The largest absolute Gasteiger partial charge is 0.378 e. The van der Waals surface area contributed by atoms with Crippen LogP contribution >= 0.6 is 0 Å². The molecule has 0 saturated heterocycles. The molecule has 1 aromatic rings. The molecule has 0 aromatic heterocycles. The maximum Gasteiger partial charge on any atom is 0.166 e. The van der Waals surface area contributed by atoms with E-state index in [0.717, 1.165) is 74.9 Å². The molecule has 2 fully saturated rings. The van der Waals surface area contributed by atoms with Crippen LogP contribution in [0.3, 0.4) is 0 Å². The van der Waals surface area contributed by atoms with Crippen LogP contribution in [-0.4, -0.2) is 12.7 Å². The van der Waals surface area contributed by atoms with Crippen LogP contribution in [0.2, 0.25) is 0 Å². The summed E-state index contributed by atoms with van der Waals surface area (Å²) in [6, 6.07) is 3.59. The Balaban J connectivity index is 1.19. The fourth-order valence-electron chi connectivity index (χ4n) is 6.93. The van der Waals surface area contributed by atoms with E-state index >= 15 is 0 Å². The summed E-state index contributed by atoms with van der Waals surface area (Å²) in [6.07, 6.45) is 22.6. The monoisotopic (exact) mass is 498 g/mol. The molecule has 3 aliphatic rings. The number of ether oxygens (including phenoxy) is 1. The minimum absolute atomic E-state index is 0.214. The number of hydrogen-bond donors (Lipinski definition) is 0. The van der Waals surface area contributed by atoms with Crippen LogP contribution in [0.1, 0.15) is 114 Å². The van der Waals surface area contributed by atoms with Crippen LogP contribution in [0.15, 0.2) is 30.9 Å². The number of hydrogen-bond acceptors (Lipinski definition) is 1. The first-order chi connectivity index (χ1) is 17.6. The van der Waals surface area contributed by atoms with Crippen molar-refractivity contribution in [2.24, 2.45) is 23.7 Å². The van der Waals surface area contributed by atoms with Gasteiger partial charge >= 0.3 is 0 Å². The molecule has 1 unspecified atom stereocenters. The molecule has 3 aliphatic carbocycles. The minimum atomic E-state index is -0.664. The van der Waals surface area contributed by atoms with Gasteiger partial charge in [0, 0.05) is 12.2 Å². The van der Waals surface area contributed by atoms with Gasteiger partial charge in [0.2, 0.25) is 0 Å². The van der Waals surface area contributed by atoms with Crippen molar-refractivity contribution in [1.82, 2.24) is 0 Å².